The first-order valence-corrected chi connectivity index (χ1v) is 2.47. The molecule has 0 aromatic rings. The van der Waals surface area contributed by atoms with Crippen molar-refractivity contribution in [1.82, 2.24) is 5.32 Å². The molecule has 0 amide bonds. The van der Waals surface area contributed by atoms with Crippen molar-refractivity contribution < 1.29 is 9.90 Å². The van der Waals surface area contributed by atoms with Gasteiger partial charge in [-0.2, -0.15) is 0 Å². The van der Waals surface area contributed by atoms with E-state index in [0.717, 1.165) is 0 Å². The summed E-state index contributed by atoms with van der Waals surface area (Å²) in [5.74, 6) is 0.182. The Morgan fingerprint density at radius 3 is 2.67 bits per heavy atom. The fourth-order valence-corrected chi connectivity index (χ4v) is 0.361. The minimum absolute atomic E-state index is 0.182. The molecule has 0 rings (SSSR count). The molecule has 52 valence electrons. The number of nitrogens with two attached hydrogens (primary N) is 1. The van der Waals surface area contributed by atoms with Gasteiger partial charge in [-0.15, -0.1) is 0 Å². The lowest BCUT2D eigenvalue weighted by Crippen LogP contribution is -2.35. The Labute approximate surface area is 53.4 Å². The summed E-state index contributed by atoms with van der Waals surface area (Å²) < 4.78 is 0. The van der Waals surface area contributed by atoms with Crippen molar-refractivity contribution in [2.24, 2.45) is 5.73 Å². The van der Waals surface area contributed by atoms with E-state index in [-0.39, 0.29) is 12.4 Å². The lowest BCUT2D eigenvalue weighted by atomic mass is 10.3. The molecule has 0 aromatic heterocycles. The highest BCUT2D eigenvalue weighted by Crippen LogP contribution is 1.76. The first-order valence-electron chi connectivity index (χ1n) is 2.47. The van der Waals surface area contributed by atoms with E-state index in [1.165, 1.54) is 0 Å². The Morgan fingerprint density at radius 2 is 2.56 bits per heavy atom. The van der Waals surface area contributed by atoms with Gasteiger partial charge in [-0.3, -0.25) is 0 Å². The number of aliphatic hydroxyl groups excluding tert-OH is 1. The molecule has 4 heteroatoms. The average molecular weight is 130 g/mol. The van der Waals surface area contributed by atoms with Gasteiger partial charge in [-0.05, 0) is 0 Å². The third-order valence-electron chi connectivity index (χ3n) is 0.732. The van der Waals surface area contributed by atoms with Gasteiger partial charge in [0.05, 0.1) is 12.4 Å². The number of rotatable bonds is 4. The molecule has 1 atom stereocenters. The Kier molecular flexibility index (Phi) is 3.46. The summed E-state index contributed by atoms with van der Waals surface area (Å²) in [6.45, 7) is 3.02. The molecular weight excluding hydrogens is 120 g/mol. The molecule has 0 heterocycles. The summed E-state index contributed by atoms with van der Waals surface area (Å²) >= 11 is 0. The van der Waals surface area contributed by atoms with Gasteiger partial charge in [0.15, 0.2) is 0 Å². The molecule has 4 N–H and O–H groups in total. The second-order valence-electron chi connectivity index (χ2n) is 1.59. The first kappa shape index (κ1) is 7.97. The van der Waals surface area contributed by atoms with Crippen molar-refractivity contribution in [2.45, 2.75) is 6.04 Å². The van der Waals surface area contributed by atoms with Crippen LogP contribution in [0, 0.1) is 0 Å². The van der Waals surface area contributed by atoms with Crippen LogP contribution in [0.5, 0.6) is 0 Å². The Balaban J connectivity index is 3.55. The fourth-order valence-electron chi connectivity index (χ4n) is 0.361. The van der Waals surface area contributed by atoms with Gasteiger partial charge in [-0.25, -0.2) is 0 Å². The van der Waals surface area contributed by atoms with Gasteiger partial charge in [0.1, 0.15) is 12.3 Å². The number of aliphatic hydroxyl groups is 1. The number of carbonyl (C=O) groups excluding carboxylic acids is 1. The zero-order valence-corrected chi connectivity index (χ0v) is 5.00. The second-order valence-corrected chi connectivity index (χ2v) is 1.59. The lowest BCUT2D eigenvalue weighted by Gasteiger charge is -2.08. The molecule has 0 aliphatic rings. The summed E-state index contributed by atoms with van der Waals surface area (Å²) in [5, 5.41) is 10.8. The molecule has 0 unspecified atom stereocenters. The highest BCUT2D eigenvalue weighted by atomic mass is 16.3. The summed E-state index contributed by atoms with van der Waals surface area (Å²) in [4.78, 5) is 9.95. The van der Waals surface area contributed by atoms with Crippen LogP contribution in [0.2, 0.25) is 0 Å². The topological polar surface area (TPSA) is 75.3 Å². The molecule has 0 radical (unpaired) electrons. The minimum Gasteiger partial charge on any atom is -0.394 e. The molecular formula is C5H10N2O2. The highest BCUT2D eigenvalue weighted by Gasteiger charge is 2.01. The summed E-state index contributed by atoms with van der Waals surface area (Å²) in [6, 6.07) is -0.623. The van der Waals surface area contributed by atoms with Crippen LogP contribution in [-0.4, -0.2) is 24.0 Å². The molecule has 0 saturated carbocycles. The number of hydrogen-bond donors (Lipinski definition) is 3. The van der Waals surface area contributed by atoms with Gasteiger partial charge in [0.25, 0.3) is 0 Å². The lowest BCUT2D eigenvalue weighted by molar-refractivity contribution is -0.110. The SMILES string of the molecule is C=C(N)N[C@H](C=O)CO. The van der Waals surface area contributed by atoms with Crippen LogP contribution in [-0.2, 0) is 4.79 Å². The van der Waals surface area contributed by atoms with Crippen LogP contribution >= 0.6 is 0 Å². The first-order chi connectivity index (χ1) is 4.20. The molecule has 0 saturated heterocycles. The van der Waals surface area contributed by atoms with E-state index in [9.17, 15) is 4.79 Å². The molecule has 0 aliphatic heterocycles. The molecule has 0 aliphatic carbocycles. The van der Waals surface area contributed by atoms with E-state index in [4.69, 9.17) is 10.8 Å². The van der Waals surface area contributed by atoms with Crippen LogP contribution in [0.1, 0.15) is 0 Å². The highest BCUT2D eigenvalue weighted by molar-refractivity contribution is 5.58. The number of carbonyl (C=O) groups is 1. The maximum absolute atomic E-state index is 9.95. The van der Waals surface area contributed by atoms with Gasteiger partial charge < -0.3 is 21.0 Å². The Morgan fingerprint density at radius 1 is 2.00 bits per heavy atom. The van der Waals surface area contributed by atoms with Crippen LogP contribution in [0.3, 0.4) is 0 Å². The summed E-state index contributed by atoms with van der Waals surface area (Å²) in [6.07, 6.45) is 0.568. The smallest absolute Gasteiger partial charge is 0.144 e. The van der Waals surface area contributed by atoms with Crippen LogP contribution in [0.25, 0.3) is 0 Å². The zero-order chi connectivity index (χ0) is 7.28. The van der Waals surface area contributed by atoms with E-state index < -0.39 is 6.04 Å². The molecule has 9 heavy (non-hydrogen) atoms. The van der Waals surface area contributed by atoms with Gasteiger partial charge >= 0.3 is 0 Å². The molecule has 4 nitrogen and oxygen atoms in total. The fraction of sp³-hybridized carbons (Fsp3) is 0.400. The van der Waals surface area contributed by atoms with E-state index in [0.29, 0.717) is 6.29 Å². The van der Waals surface area contributed by atoms with Crippen molar-refractivity contribution in [3.63, 3.8) is 0 Å². The predicted molar refractivity (Wildman–Crippen MR) is 33.4 cm³/mol. The molecule has 0 aromatic carbocycles. The maximum Gasteiger partial charge on any atom is 0.144 e. The maximum atomic E-state index is 9.95. The summed E-state index contributed by atoms with van der Waals surface area (Å²) in [5.41, 5.74) is 5.07. The standard InChI is InChI=1S/C5H10N2O2/c1-4(6)7-5(2-8)3-9/h2,5,7,9H,1,3,6H2/t5-/m1/s1. The Bertz CT molecular complexity index is 114. The molecule has 0 spiro atoms. The molecule has 0 fully saturated rings. The van der Waals surface area contributed by atoms with E-state index in [2.05, 4.69) is 11.9 Å². The van der Waals surface area contributed by atoms with Gasteiger partial charge in [0, 0.05) is 0 Å². The van der Waals surface area contributed by atoms with Crippen LogP contribution < -0.4 is 11.1 Å². The van der Waals surface area contributed by atoms with E-state index >= 15 is 0 Å². The van der Waals surface area contributed by atoms with Crippen molar-refractivity contribution in [3.05, 3.63) is 12.4 Å². The van der Waals surface area contributed by atoms with Crippen molar-refractivity contribution in [2.75, 3.05) is 6.61 Å². The zero-order valence-electron chi connectivity index (χ0n) is 5.00. The number of nitrogens with one attached hydrogen (secondary N) is 1. The van der Waals surface area contributed by atoms with Gasteiger partial charge in [0.2, 0.25) is 0 Å². The van der Waals surface area contributed by atoms with Crippen molar-refractivity contribution in [3.8, 4) is 0 Å². The Hall–Kier alpha value is -1.03. The number of hydrogen-bond acceptors (Lipinski definition) is 4. The monoisotopic (exact) mass is 130 g/mol. The average Bonchev–Trinajstić information content (AvgIpc) is 1.82. The van der Waals surface area contributed by atoms with Crippen LogP contribution in [0.4, 0.5) is 0 Å². The largest absolute Gasteiger partial charge is 0.394 e. The van der Waals surface area contributed by atoms with Crippen LogP contribution in [0.15, 0.2) is 12.4 Å². The quantitative estimate of drug-likeness (QED) is 0.408. The predicted octanol–water partition coefficient (Wildman–Crippen LogP) is -1.43. The summed E-state index contributed by atoms with van der Waals surface area (Å²) in [7, 11) is 0. The third-order valence-corrected chi connectivity index (χ3v) is 0.732. The van der Waals surface area contributed by atoms with Crippen molar-refractivity contribution >= 4 is 6.29 Å². The minimum atomic E-state index is -0.623. The van der Waals surface area contributed by atoms with E-state index in [1.54, 1.807) is 0 Å². The van der Waals surface area contributed by atoms with Gasteiger partial charge in [-0.1, -0.05) is 6.58 Å². The molecule has 0 bridgehead atoms. The second kappa shape index (κ2) is 3.91. The van der Waals surface area contributed by atoms with E-state index in [1.807, 2.05) is 0 Å². The van der Waals surface area contributed by atoms with Crippen molar-refractivity contribution in [1.29, 1.82) is 0 Å². The third kappa shape index (κ3) is 3.54. The number of aldehydes is 1. The normalized spacial score (nSPS) is 12.1.